The van der Waals surface area contributed by atoms with Gasteiger partial charge in [-0.1, -0.05) is 37.4 Å². The van der Waals surface area contributed by atoms with Gasteiger partial charge in [0, 0.05) is 11.1 Å². The first-order valence-corrected chi connectivity index (χ1v) is 6.16. The summed E-state index contributed by atoms with van der Waals surface area (Å²) in [5.41, 5.74) is -2.58. The van der Waals surface area contributed by atoms with E-state index < -0.39 is 34.6 Å². The fourth-order valence-electron chi connectivity index (χ4n) is 1.55. The van der Waals surface area contributed by atoms with Crippen LogP contribution in [0.2, 0.25) is 0 Å². The molecule has 0 aliphatic rings. The molecule has 0 atom stereocenters. The molecule has 22 heavy (non-hydrogen) atoms. The fourth-order valence-corrected chi connectivity index (χ4v) is 1.55. The molecule has 0 radical (unpaired) electrons. The first-order valence-electron chi connectivity index (χ1n) is 6.16. The van der Waals surface area contributed by atoms with Gasteiger partial charge in [0.2, 0.25) is 0 Å². The molecule has 0 spiro atoms. The largest absolute Gasteiger partial charge is 0.338 e. The monoisotopic (exact) mass is 320 g/mol. The molecule has 0 saturated carbocycles. The molecule has 0 bridgehead atoms. The normalized spacial score (nSPS) is 12.7. The van der Waals surface area contributed by atoms with Gasteiger partial charge in [0.05, 0.1) is 0 Å². The number of halogens is 6. The van der Waals surface area contributed by atoms with Gasteiger partial charge < -0.3 is 0 Å². The summed E-state index contributed by atoms with van der Waals surface area (Å²) in [5.74, 6) is -11.5. The number of aryl methyl sites for hydroxylation is 1. The van der Waals surface area contributed by atoms with E-state index in [9.17, 15) is 26.3 Å². The van der Waals surface area contributed by atoms with Gasteiger partial charge in [-0.2, -0.15) is 17.6 Å². The molecule has 1 rings (SSSR count). The summed E-state index contributed by atoms with van der Waals surface area (Å²) in [5, 5.41) is 0. The van der Waals surface area contributed by atoms with Crippen LogP contribution in [-0.2, 0) is 0 Å². The number of hydrogen-bond donors (Lipinski definition) is 0. The Bertz CT molecular complexity index is 640. The zero-order valence-electron chi connectivity index (χ0n) is 12.0. The average molecular weight is 320 g/mol. The van der Waals surface area contributed by atoms with Gasteiger partial charge in [-0.15, -0.1) is 0 Å². The zero-order chi connectivity index (χ0) is 17.3. The Balaban J connectivity index is 3.12. The Morgan fingerprint density at radius 2 is 1.55 bits per heavy atom. The second-order valence-electron chi connectivity index (χ2n) is 4.89. The van der Waals surface area contributed by atoms with E-state index in [1.807, 2.05) is 0 Å². The molecular formula is C16H14F6. The predicted octanol–water partition coefficient (Wildman–Crippen LogP) is 5.69. The van der Waals surface area contributed by atoms with E-state index in [2.05, 4.69) is 13.2 Å². The summed E-state index contributed by atoms with van der Waals surface area (Å²) < 4.78 is 81.1. The molecule has 0 amide bonds. The minimum Gasteiger partial charge on any atom is -0.203 e. The lowest BCUT2D eigenvalue weighted by Crippen LogP contribution is -2.42. The molecule has 1 aromatic rings. The second-order valence-corrected chi connectivity index (χ2v) is 4.89. The van der Waals surface area contributed by atoms with Crippen LogP contribution in [0.1, 0.15) is 18.1 Å². The van der Waals surface area contributed by atoms with Crippen molar-refractivity contribution in [3.05, 3.63) is 65.3 Å². The Hall–Kier alpha value is -1.98. The van der Waals surface area contributed by atoms with Crippen LogP contribution in [0.4, 0.5) is 26.3 Å². The molecule has 0 aromatic heterocycles. The molecule has 120 valence electrons. The van der Waals surface area contributed by atoms with Gasteiger partial charge in [0.1, 0.15) is 0 Å². The lowest BCUT2D eigenvalue weighted by molar-refractivity contribution is -0.158. The Morgan fingerprint density at radius 3 is 2.05 bits per heavy atom. The van der Waals surface area contributed by atoms with Crippen LogP contribution in [0.3, 0.4) is 0 Å². The lowest BCUT2D eigenvalue weighted by Gasteiger charge is -2.27. The van der Waals surface area contributed by atoms with E-state index in [-0.39, 0.29) is 11.1 Å². The molecule has 0 nitrogen and oxygen atoms in total. The van der Waals surface area contributed by atoms with Gasteiger partial charge in [-0.3, -0.25) is 0 Å². The first kappa shape index (κ1) is 18.1. The number of alkyl halides is 4. The Morgan fingerprint density at radius 1 is 1.00 bits per heavy atom. The van der Waals surface area contributed by atoms with Crippen molar-refractivity contribution in [3.8, 4) is 0 Å². The maximum Gasteiger partial charge on any atom is 0.338 e. The van der Waals surface area contributed by atoms with Crippen molar-refractivity contribution < 1.29 is 26.3 Å². The third-order valence-corrected chi connectivity index (χ3v) is 3.10. The van der Waals surface area contributed by atoms with E-state index in [0.29, 0.717) is 6.08 Å². The van der Waals surface area contributed by atoms with Crippen LogP contribution in [0.5, 0.6) is 0 Å². The van der Waals surface area contributed by atoms with E-state index in [4.69, 9.17) is 0 Å². The number of allylic oxidation sites excluding steroid dienone is 3. The highest BCUT2D eigenvalue weighted by atomic mass is 19.3. The van der Waals surface area contributed by atoms with Crippen LogP contribution in [0.25, 0.3) is 6.08 Å². The number of benzene rings is 1. The standard InChI is InChI=1S/C16H14F6/c1-9(2)15(19,20)16(21,22)11(4)6-8-12-7-5-10(3)13(17)14(12)18/h5-8H,1,4H2,2-3H3/b8-6+. The van der Waals surface area contributed by atoms with Gasteiger partial charge in [-0.25, -0.2) is 8.78 Å². The highest BCUT2D eigenvalue weighted by molar-refractivity contribution is 5.55. The molecule has 0 saturated heterocycles. The van der Waals surface area contributed by atoms with E-state index in [1.165, 1.54) is 13.0 Å². The maximum absolute atomic E-state index is 13.7. The Labute approximate surface area is 124 Å². The molecule has 0 N–H and O–H groups in total. The quantitative estimate of drug-likeness (QED) is 0.371. The van der Waals surface area contributed by atoms with Crippen LogP contribution in [0.15, 0.2) is 42.5 Å². The van der Waals surface area contributed by atoms with Crippen LogP contribution in [-0.4, -0.2) is 11.8 Å². The van der Waals surface area contributed by atoms with Crippen molar-refractivity contribution in [3.63, 3.8) is 0 Å². The summed E-state index contributed by atoms with van der Waals surface area (Å²) in [4.78, 5) is 0. The summed E-state index contributed by atoms with van der Waals surface area (Å²) in [6.07, 6.45) is 1.30. The van der Waals surface area contributed by atoms with Gasteiger partial charge in [-0.05, 0) is 25.0 Å². The SMILES string of the molecule is C=C(C)C(F)(F)C(F)(F)C(=C)/C=C/c1ccc(C)c(F)c1F. The molecule has 6 heteroatoms. The third kappa shape index (κ3) is 3.10. The minimum atomic E-state index is -4.59. The van der Waals surface area contributed by atoms with Crippen LogP contribution < -0.4 is 0 Å². The van der Waals surface area contributed by atoms with Gasteiger partial charge in [0.15, 0.2) is 11.6 Å². The lowest BCUT2D eigenvalue weighted by atomic mass is 9.97. The van der Waals surface area contributed by atoms with Crippen molar-refractivity contribution in [1.29, 1.82) is 0 Å². The van der Waals surface area contributed by atoms with Crippen LogP contribution >= 0.6 is 0 Å². The number of rotatable bonds is 5. The van der Waals surface area contributed by atoms with E-state index in [1.54, 1.807) is 0 Å². The topological polar surface area (TPSA) is 0 Å². The summed E-state index contributed by atoms with van der Waals surface area (Å²) in [6, 6.07) is 2.38. The van der Waals surface area contributed by atoms with Crippen molar-refractivity contribution in [1.82, 2.24) is 0 Å². The highest BCUT2D eigenvalue weighted by Gasteiger charge is 2.57. The van der Waals surface area contributed by atoms with Crippen molar-refractivity contribution in [2.75, 3.05) is 0 Å². The van der Waals surface area contributed by atoms with Gasteiger partial charge >= 0.3 is 11.8 Å². The summed E-state index contributed by atoms with van der Waals surface area (Å²) in [6.45, 7) is 7.80. The van der Waals surface area contributed by atoms with E-state index in [0.717, 1.165) is 19.1 Å². The van der Waals surface area contributed by atoms with Crippen molar-refractivity contribution >= 4 is 6.08 Å². The smallest absolute Gasteiger partial charge is 0.203 e. The average Bonchev–Trinajstić information content (AvgIpc) is 2.43. The molecule has 1 aromatic carbocycles. The molecule has 0 aliphatic heterocycles. The van der Waals surface area contributed by atoms with Crippen LogP contribution in [0, 0.1) is 18.6 Å². The highest BCUT2D eigenvalue weighted by Crippen LogP contribution is 2.44. The zero-order valence-corrected chi connectivity index (χ0v) is 12.0. The minimum absolute atomic E-state index is 0.0348. The molecule has 0 heterocycles. The second kappa shape index (κ2) is 6.02. The molecule has 0 unspecified atom stereocenters. The van der Waals surface area contributed by atoms with Crippen molar-refractivity contribution in [2.45, 2.75) is 25.7 Å². The maximum atomic E-state index is 13.7. The molecule has 0 fully saturated rings. The fraction of sp³-hybridized carbons (Fsp3) is 0.250. The van der Waals surface area contributed by atoms with Gasteiger partial charge in [0.25, 0.3) is 0 Å². The summed E-state index contributed by atoms with van der Waals surface area (Å²) >= 11 is 0. The third-order valence-electron chi connectivity index (χ3n) is 3.10. The summed E-state index contributed by atoms with van der Waals surface area (Å²) in [7, 11) is 0. The molecule has 0 aliphatic carbocycles. The predicted molar refractivity (Wildman–Crippen MR) is 74.0 cm³/mol. The Kier molecular flexibility index (Phi) is 4.95. The first-order chi connectivity index (χ1) is 9.92. The van der Waals surface area contributed by atoms with E-state index >= 15 is 0 Å². The van der Waals surface area contributed by atoms with Crippen molar-refractivity contribution in [2.24, 2.45) is 0 Å². The number of hydrogen-bond acceptors (Lipinski definition) is 0. The molecular weight excluding hydrogens is 306 g/mol.